The first kappa shape index (κ1) is 17.8. The highest BCUT2D eigenvalue weighted by Crippen LogP contribution is 2.44. The van der Waals surface area contributed by atoms with Gasteiger partial charge in [-0.2, -0.15) is 0 Å². The lowest BCUT2D eigenvalue weighted by Crippen LogP contribution is -2.31. The predicted octanol–water partition coefficient (Wildman–Crippen LogP) is 1.84. The van der Waals surface area contributed by atoms with Crippen molar-refractivity contribution >= 4 is 11.6 Å². The number of Topliss-reactive ketones (excluding diaryl/α,β-unsaturated/α-hetero) is 1. The second-order valence-electron chi connectivity index (χ2n) is 5.85. The number of ether oxygens (including phenoxy) is 5. The van der Waals surface area contributed by atoms with E-state index in [2.05, 4.69) is 0 Å². The molecule has 1 aliphatic carbocycles. The topological polar surface area (TPSA) is 80.3 Å². The predicted molar refractivity (Wildman–Crippen MR) is 91.4 cm³/mol. The van der Waals surface area contributed by atoms with Crippen LogP contribution in [-0.4, -0.2) is 46.6 Å². The van der Waals surface area contributed by atoms with Gasteiger partial charge in [0.2, 0.25) is 5.75 Å². The molecular formula is C19H20O7. The molecule has 1 heterocycles. The number of benzene rings is 1. The first-order valence-corrected chi connectivity index (χ1v) is 8.05. The molecule has 0 amide bonds. The number of carbonyl (C=O) groups is 2. The maximum Gasteiger partial charge on any atom is 0.262 e. The molecule has 0 N–H and O–H groups in total. The van der Waals surface area contributed by atoms with Crippen molar-refractivity contribution in [1.29, 1.82) is 0 Å². The van der Waals surface area contributed by atoms with E-state index in [4.69, 9.17) is 23.7 Å². The van der Waals surface area contributed by atoms with Gasteiger partial charge in [-0.3, -0.25) is 9.59 Å². The van der Waals surface area contributed by atoms with Crippen molar-refractivity contribution in [2.45, 2.75) is 6.42 Å². The third kappa shape index (κ3) is 2.79. The maximum atomic E-state index is 12.6. The highest BCUT2D eigenvalue weighted by atomic mass is 16.5. The number of ketones is 2. The van der Waals surface area contributed by atoms with Gasteiger partial charge in [-0.25, -0.2) is 0 Å². The molecule has 7 heteroatoms. The van der Waals surface area contributed by atoms with E-state index in [9.17, 15) is 9.59 Å². The average Bonchev–Trinajstić information content (AvgIpc) is 2.67. The average molecular weight is 360 g/mol. The Morgan fingerprint density at radius 3 is 2.38 bits per heavy atom. The molecule has 1 aromatic rings. The van der Waals surface area contributed by atoms with Crippen LogP contribution < -0.4 is 14.2 Å². The van der Waals surface area contributed by atoms with E-state index < -0.39 is 5.78 Å². The van der Waals surface area contributed by atoms with Crippen LogP contribution in [0.15, 0.2) is 35.3 Å². The summed E-state index contributed by atoms with van der Waals surface area (Å²) in [6.45, 7) is 0.216. The second-order valence-corrected chi connectivity index (χ2v) is 5.85. The summed E-state index contributed by atoms with van der Waals surface area (Å²) in [5.41, 5.74) is 1.17. The normalized spacial score (nSPS) is 19.4. The lowest BCUT2D eigenvalue weighted by molar-refractivity contribution is -0.121. The minimum absolute atomic E-state index is 0.00637. The summed E-state index contributed by atoms with van der Waals surface area (Å²) in [7, 11) is 5.80. The fourth-order valence-electron chi connectivity index (χ4n) is 3.30. The minimum Gasteiger partial charge on any atom is -0.493 e. The Labute approximate surface area is 151 Å². The molecule has 1 unspecified atom stereocenters. The standard InChI is InChI=1S/C19H20O7/c1-22-13-6-5-10-7-11(9-26-17(10)18(13)24-3)15-12(20)8-14(23-2)16(21)19(15)25-4/h5-6,8,11H,7,9H2,1-4H3. The lowest BCUT2D eigenvalue weighted by Gasteiger charge is -2.30. The molecule has 0 spiro atoms. The first-order valence-electron chi connectivity index (χ1n) is 8.05. The lowest BCUT2D eigenvalue weighted by atomic mass is 9.84. The van der Waals surface area contributed by atoms with Gasteiger partial charge in [0, 0.05) is 12.0 Å². The Bertz CT molecular complexity index is 819. The third-order valence-corrected chi connectivity index (χ3v) is 4.51. The molecule has 0 saturated carbocycles. The molecule has 26 heavy (non-hydrogen) atoms. The van der Waals surface area contributed by atoms with Gasteiger partial charge in [0.25, 0.3) is 5.78 Å². The molecule has 0 bridgehead atoms. The van der Waals surface area contributed by atoms with Crippen LogP contribution in [0.5, 0.6) is 17.2 Å². The number of rotatable bonds is 5. The van der Waals surface area contributed by atoms with Crippen molar-refractivity contribution in [3.63, 3.8) is 0 Å². The summed E-state index contributed by atoms with van der Waals surface area (Å²) < 4.78 is 26.7. The van der Waals surface area contributed by atoms with Crippen molar-refractivity contribution in [3.8, 4) is 17.2 Å². The Morgan fingerprint density at radius 2 is 1.77 bits per heavy atom. The summed E-state index contributed by atoms with van der Waals surface area (Å²) in [4.78, 5) is 25.0. The zero-order valence-electron chi connectivity index (χ0n) is 15.1. The molecule has 0 radical (unpaired) electrons. The Hall–Kier alpha value is -2.96. The van der Waals surface area contributed by atoms with Crippen molar-refractivity contribution in [2.24, 2.45) is 5.92 Å². The van der Waals surface area contributed by atoms with Gasteiger partial charge >= 0.3 is 0 Å². The number of fused-ring (bicyclic) bond motifs is 1. The van der Waals surface area contributed by atoms with Gasteiger partial charge in [-0.15, -0.1) is 0 Å². The van der Waals surface area contributed by atoms with E-state index in [1.165, 1.54) is 20.3 Å². The highest BCUT2D eigenvalue weighted by molar-refractivity contribution is 6.21. The van der Waals surface area contributed by atoms with Crippen molar-refractivity contribution in [2.75, 3.05) is 35.0 Å². The SMILES string of the molecule is COC1=CC(=O)C(C2COc3c(ccc(OC)c3OC)C2)=C(OC)C1=O. The zero-order chi connectivity index (χ0) is 18.8. The molecule has 138 valence electrons. The highest BCUT2D eigenvalue weighted by Gasteiger charge is 2.37. The number of hydrogen-bond donors (Lipinski definition) is 0. The van der Waals surface area contributed by atoms with Crippen LogP contribution in [0.25, 0.3) is 0 Å². The zero-order valence-corrected chi connectivity index (χ0v) is 15.1. The van der Waals surface area contributed by atoms with Gasteiger partial charge in [-0.1, -0.05) is 6.07 Å². The van der Waals surface area contributed by atoms with E-state index in [-0.39, 0.29) is 29.8 Å². The van der Waals surface area contributed by atoms with Crippen LogP contribution in [0.4, 0.5) is 0 Å². The molecule has 2 aliphatic rings. The largest absolute Gasteiger partial charge is 0.493 e. The van der Waals surface area contributed by atoms with E-state index in [1.807, 2.05) is 6.07 Å². The Kier molecular flexibility index (Phi) is 4.88. The number of allylic oxidation sites excluding steroid dienone is 1. The second kappa shape index (κ2) is 7.11. The number of hydrogen-bond acceptors (Lipinski definition) is 7. The van der Waals surface area contributed by atoms with Crippen LogP contribution in [0.1, 0.15) is 5.56 Å². The number of methoxy groups -OCH3 is 4. The van der Waals surface area contributed by atoms with Gasteiger partial charge in [0.15, 0.2) is 28.8 Å². The van der Waals surface area contributed by atoms with Gasteiger partial charge in [-0.05, 0) is 18.1 Å². The van der Waals surface area contributed by atoms with Crippen LogP contribution >= 0.6 is 0 Å². The Balaban J connectivity index is 1.98. The van der Waals surface area contributed by atoms with E-state index in [0.29, 0.717) is 29.2 Å². The van der Waals surface area contributed by atoms with E-state index >= 15 is 0 Å². The van der Waals surface area contributed by atoms with Crippen LogP contribution in [0.3, 0.4) is 0 Å². The quantitative estimate of drug-likeness (QED) is 0.741. The van der Waals surface area contributed by atoms with Crippen molar-refractivity contribution in [1.82, 2.24) is 0 Å². The summed E-state index contributed by atoms with van der Waals surface area (Å²) in [6.07, 6.45) is 1.71. The molecule has 1 aliphatic heterocycles. The van der Waals surface area contributed by atoms with Gasteiger partial charge in [0.05, 0.1) is 40.6 Å². The molecule has 7 nitrogen and oxygen atoms in total. The Morgan fingerprint density at radius 1 is 1.00 bits per heavy atom. The number of carbonyl (C=O) groups excluding carboxylic acids is 2. The molecule has 1 aromatic carbocycles. The smallest absolute Gasteiger partial charge is 0.262 e. The van der Waals surface area contributed by atoms with E-state index in [0.717, 1.165) is 5.56 Å². The molecule has 3 rings (SSSR count). The first-order chi connectivity index (χ1) is 12.5. The molecule has 1 atom stereocenters. The van der Waals surface area contributed by atoms with Crippen molar-refractivity contribution < 1.29 is 33.3 Å². The monoisotopic (exact) mass is 360 g/mol. The molecular weight excluding hydrogens is 340 g/mol. The van der Waals surface area contributed by atoms with Gasteiger partial charge < -0.3 is 23.7 Å². The van der Waals surface area contributed by atoms with E-state index in [1.54, 1.807) is 20.3 Å². The fraction of sp³-hybridized carbons (Fsp3) is 0.368. The third-order valence-electron chi connectivity index (χ3n) is 4.51. The maximum absolute atomic E-state index is 12.6. The van der Waals surface area contributed by atoms with Crippen LogP contribution in [0.2, 0.25) is 0 Å². The van der Waals surface area contributed by atoms with Crippen LogP contribution in [-0.2, 0) is 25.5 Å². The molecule has 0 saturated heterocycles. The summed E-state index contributed by atoms with van der Waals surface area (Å²) in [5, 5.41) is 0. The minimum atomic E-state index is -0.442. The van der Waals surface area contributed by atoms with Crippen LogP contribution in [0, 0.1) is 5.92 Å². The molecule has 0 fully saturated rings. The molecule has 0 aromatic heterocycles. The summed E-state index contributed by atoms with van der Waals surface area (Å²) in [5.74, 6) is 0.576. The fourth-order valence-corrected chi connectivity index (χ4v) is 3.30. The van der Waals surface area contributed by atoms with Crippen molar-refractivity contribution in [3.05, 3.63) is 40.9 Å². The summed E-state index contributed by atoms with van der Waals surface area (Å²) >= 11 is 0. The summed E-state index contributed by atoms with van der Waals surface area (Å²) in [6, 6.07) is 3.65. The van der Waals surface area contributed by atoms with Gasteiger partial charge in [0.1, 0.15) is 0 Å².